The highest BCUT2D eigenvalue weighted by Crippen LogP contribution is 2.23. The Kier molecular flexibility index (Phi) is 5.28. The molecule has 0 saturated heterocycles. The molecule has 0 saturated carbocycles. The van der Waals surface area contributed by atoms with Crippen LogP contribution in [0.3, 0.4) is 0 Å². The maximum Gasteiger partial charge on any atom is 0.129 e. The molecule has 4 heteroatoms. The molecular formula is C17H19F2NO. The van der Waals surface area contributed by atoms with Crippen LogP contribution in [0.4, 0.5) is 8.78 Å². The third kappa shape index (κ3) is 4.26. The third-order valence-electron chi connectivity index (χ3n) is 3.37. The van der Waals surface area contributed by atoms with E-state index in [1.54, 1.807) is 24.3 Å². The van der Waals surface area contributed by atoms with E-state index in [0.717, 1.165) is 6.42 Å². The van der Waals surface area contributed by atoms with Crippen LogP contribution < -0.4 is 10.5 Å². The molecule has 21 heavy (non-hydrogen) atoms. The van der Waals surface area contributed by atoms with Gasteiger partial charge in [-0.05, 0) is 42.7 Å². The highest BCUT2D eigenvalue weighted by molar-refractivity contribution is 5.35. The van der Waals surface area contributed by atoms with E-state index in [1.807, 2.05) is 6.92 Å². The number of benzene rings is 2. The number of ether oxygens (including phenoxy) is 1. The topological polar surface area (TPSA) is 35.2 Å². The van der Waals surface area contributed by atoms with Gasteiger partial charge in [-0.15, -0.1) is 0 Å². The van der Waals surface area contributed by atoms with E-state index < -0.39 is 0 Å². The van der Waals surface area contributed by atoms with E-state index in [9.17, 15) is 8.78 Å². The monoisotopic (exact) mass is 291 g/mol. The summed E-state index contributed by atoms with van der Waals surface area (Å²) in [6, 6.07) is 10.7. The molecule has 1 unspecified atom stereocenters. The Hall–Kier alpha value is -1.94. The first-order valence-corrected chi connectivity index (χ1v) is 7.00. The zero-order valence-electron chi connectivity index (χ0n) is 12.0. The molecule has 0 amide bonds. The van der Waals surface area contributed by atoms with Gasteiger partial charge in [0.25, 0.3) is 0 Å². The molecule has 112 valence electrons. The summed E-state index contributed by atoms with van der Waals surface area (Å²) in [5.74, 6) is -0.0958. The molecule has 0 heterocycles. The van der Waals surface area contributed by atoms with E-state index in [0.29, 0.717) is 23.3 Å². The van der Waals surface area contributed by atoms with Crippen molar-refractivity contribution in [3.05, 3.63) is 65.2 Å². The smallest absolute Gasteiger partial charge is 0.129 e. The minimum atomic E-state index is -0.327. The predicted octanol–water partition coefficient (Wildman–Crippen LogP) is 3.82. The number of hydrogen-bond donors (Lipinski definition) is 1. The first-order valence-electron chi connectivity index (χ1n) is 7.00. The third-order valence-corrected chi connectivity index (χ3v) is 3.37. The van der Waals surface area contributed by atoms with E-state index in [4.69, 9.17) is 10.5 Å². The predicted molar refractivity (Wildman–Crippen MR) is 79.1 cm³/mol. The SMILES string of the molecule is CCC(N)Cc1cc(F)ccc1OCc1ccccc1F. The lowest BCUT2D eigenvalue weighted by molar-refractivity contribution is 0.295. The molecule has 0 radical (unpaired) electrons. The number of rotatable bonds is 6. The highest BCUT2D eigenvalue weighted by Gasteiger charge is 2.10. The van der Waals surface area contributed by atoms with Crippen LogP contribution in [-0.4, -0.2) is 6.04 Å². The van der Waals surface area contributed by atoms with Crippen LogP contribution >= 0.6 is 0 Å². The lowest BCUT2D eigenvalue weighted by Crippen LogP contribution is -2.21. The molecule has 0 aromatic heterocycles. The first-order chi connectivity index (χ1) is 10.1. The van der Waals surface area contributed by atoms with Gasteiger partial charge in [0.2, 0.25) is 0 Å². The Bertz CT molecular complexity index is 601. The second-order valence-corrected chi connectivity index (χ2v) is 5.00. The van der Waals surface area contributed by atoms with Crippen molar-refractivity contribution in [2.24, 2.45) is 5.73 Å². The second-order valence-electron chi connectivity index (χ2n) is 5.00. The van der Waals surface area contributed by atoms with Gasteiger partial charge >= 0.3 is 0 Å². The van der Waals surface area contributed by atoms with Crippen LogP contribution in [0, 0.1) is 11.6 Å². The van der Waals surface area contributed by atoms with Crippen molar-refractivity contribution in [3.63, 3.8) is 0 Å². The summed E-state index contributed by atoms with van der Waals surface area (Å²) in [7, 11) is 0. The zero-order valence-corrected chi connectivity index (χ0v) is 12.0. The van der Waals surface area contributed by atoms with Gasteiger partial charge in [-0.2, -0.15) is 0 Å². The lowest BCUT2D eigenvalue weighted by Gasteiger charge is -2.15. The van der Waals surface area contributed by atoms with Crippen molar-refractivity contribution in [2.45, 2.75) is 32.4 Å². The summed E-state index contributed by atoms with van der Waals surface area (Å²) in [5, 5.41) is 0. The van der Waals surface area contributed by atoms with Crippen LogP contribution in [0.5, 0.6) is 5.75 Å². The van der Waals surface area contributed by atoms with E-state index in [1.165, 1.54) is 18.2 Å². The van der Waals surface area contributed by atoms with Crippen LogP contribution in [-0.2, 0) is 13.0 Å². The van der Waals surface area contributed by atoms with Gasteiger partial charge in [0.15, 0.2) is 0 Å². The Balaban J connectivity index is 2.14. The van der Waals surface area contributed by atoms with Crippen molar-refractivity contribution in [2.75, 3.05) is 0 Å². The highest BCUT2D eigenvalue weighted by atomic mass is 19.1. The molecular weight excluding hydrogens is 272 g/mol. The van der Waals surface area contributed by atoms with Crippen molar-refractivity contribution in [1.29, 1.82) is 0 Å². The minimum Gasteiger partial charge on any atom is -0.489 e. The molecule has 0 aliphatic rings. The molecule has 2 aromatic rings. The van der Waals surface area contributed by atoms with Crippen LogP contribution in [0.15, 0.2) is 42.5 Å². The van der Waals surface area contributed by atoms with Gasteiger partial charge in [0.05, 0.1) is 0 Å². The standard InChI is InChI=1S/C17H19F2NO/c1-2-15(20)10-13-9-14(18)7-8-17(13)21-11-12-5-3-4-6-16(12)19/h3-9,15H,2,10-11,20H2,1H3. The molecule has 2 N–H and O–H groups in total. The average Bonchev–Trinajstić information content (AvgIpc) is 2.48. The van der Waals surface area contributed by atoms with Gasteiger partial charge < -0.3 is 10.5 Å². The van der Waals surface area contributed by atoms with Gasteiger partial charge in [-0.3, -0.25) is 0 Å². The lowest BCUT2D eigenvalue weighted by atomic mass is 10.0. The summed E-state index contributed by atoms with van der Waals surface area (Å²) in [5.41, 5.74) is 7.09. The van der Waals surface area contributed by atoms with Crippen molar-refractivity contribution >= 4 is 0 Å². The molecule has 0 spiro atoms. The molecule has 1 atom stereocenters. The largest absolute Gasteiger partial charge is 0.489 e. The van der Waals surface area contributed by atoms with Gasteiger partial charge in [-0.1, -0.05) is 25.1 Å². The van der Waals surface area contributed by atoms with Crippen molar-refractivity contribution < 1.29 is 13.5 Å². The van der Waals surface area contributed by atoms with Gasteiger partial charge in [-0.25, -0.2) is 8.78 Å². The summed E-state index contributed by atoms with van der Waals surface area (Å²) in [6.45, 7) is 2.08. The fourth-order valence-electron chi connectivity index (χ4n) is 2.05. The molecule has 0 bridgehead atoms. The molecule has 2 aromatic carbocycles. The normalized spacial score (nSPS) is 12.2. The molecule has 0 aliphatic carbocycles. The Morgan fingerprint density at radius 1 is 1.10 bits per heavy atom. The van der Waals surface area contributed by atoms with Crippen LogP contribution in [0.1, 0.15) is 24.5 Å². The zero-order chi connectivity index (χ0) is 15.2. The fraction of sp³-hybridized carbons (Fsp3) is 0.294. The second kappa shape index (κ2) is 7.18. The van der Waals surface area contributed by atoms with Crippen molar-refractivity contribution in [1.82, 2.24) is 0 Å². The molecule has 0 fully saturated rings. The summed E-state index contributed by atoms with van der Waals surface area (Å²) < 4.78 is 32.6. The Labute approximate surface area is 123 Å². The summed E-state index contributed by atoms with van der Waals surface area (Å²) >= 11 is 0. The van der Waals surface area contributed by atoms with E-state index in [2.05, 4.69) is 0 Å². The number of halogens is 2. The summed E-state index contributed by atoms with van der Waals surface area (Å²) in [6.07, 6.45) is 1.32. The first kappa shape index (κ1) is 15.4. The van der Waals surface area contributed by atoms with E-state index in [-0.39, 0.29) is 24.3 Å². The maximum absolute atomic E-state index is 13.6. The Morgan fingerprint density at radius 2 is 1.86 bits per heavy atom. The Morgan fingerprint density at radius 3 is 2.57 bits per heavy atom. The fourth-order valence-corrected chi connectivity index (χ4v) is 2.05. The van der Waals surface area contributed by atoms with Gasteiger partial charge in [0.1, 0.15) is 24.0 Å². The van der Waals surface area contributed by atoms with E-state index >= 15 is 0 Å². The molecule has 2 nitrogen and oxygen atoms in total. The average molecular weight is 291 g/mol. The summed E-state index contributed by atoms with van der Waals surface area (Å²) in [4.78, 5) is 0. The quantitative estimate of drug-likeness (QED) is 0.878. The minimum absolute atomic E-state index is 0.0531. The van der Waals surface area contributed by atoms with Crippen LogP contribution in [0.2, 0.25) is 0 Å². The van der Waals surface area contributed by atoms with Crippen LogP contribution in [0.25, 0.3) is 0 Å². The molecule has 2 rings (SSSR count). The van der Waals surface area contributed by atoms with Crippen molar-refractivity contribution in [3.8, 4) is 5.75 Å². The van der Waals surface area contributed by atoms with Gasteiger partial charge in [0, 0.05) is 11.6 Å². The molecule has 0 aliphatic heterocycles. The maximum atomic E-state index is 13.6. The number of nitrogens with two attached hydrogens (primary N) is 1. The number of hydrogen-bond acceptors (Lipinski definition) is 2.